The van der Waals surface area contributed by atoms with Crippen LogP contribution in [-0.2, 0) is 0 Å². The van der Waals surface area contributed by atoms with Gasteiger partial charge in [-0.3, -0.25) is 0 Å². The van der Waals surface area contributed by atoms with E-state index >= 15 is 0 Å². The van der Waals surface area contributed by atoms with Crippen molar-refractivity contribution in [3.63, 3.8) is 0 Å². The predicted molar refractivity (Wildman–Crippen MR) is 206 cm³/mol. The van der Waals surface area contributed by atoms with Gasteiger partial charge in [0.05, 0.1) is 0 Å². The maximum atomic E-state index is 2.39. The second kappa shape index (κ2) is 10.4. The minimum atomic E-state index is 1.23. The minimum absolute atomic E-state index is 1.23. The number of thiophene rings is 1. The molecule has 0 N–H and O–H groups in total. The minimum Gasteiger partial charge on any atom is -0.135 e. The maximum Gasteiger partial charge on any atom is 0.0361 e. The van der Waals surface area contributed by atoms with Crippen LogP contribution in [0.4, 0.5) is 0 Å². The Labute approximate surface area is 276 Å². The van der Waals surface area contributed by atoms with Gasteiger partial charge in [0.2, 0.25) is 0 Å². The Kier molecular flexibility index (Phi) is 5.85. The molecule has 1 heterocycles. The van der Waals surface area contributed by atoms with E-state index in [-0.39, 0.29) is 0 Å². The number of benzene rings is 9. The van der Waals surface area contributed by atoms with E-state index in [1.807, 2.05) is 11.3 Å². The van der Waals surface area contributed by atoms with Crippen LogP contribution in [0, 0.1) is 0 Å². The zero-order chi connectivity index (χ0) is 30.9. The molecular weight excluding hydrogens is 585 g/mol. The van der Waals surface area contributed by atoms with E-state index in [9.17, 15) is 0 Å². The van der Waals surface area contributed by atoms with E-state index in [0.29, 0.717) is 0 Å². The van der Waals surface area contributed by atoms with Crippen molar-refractivity contribution < 1.29 is 0 Å². The lowest BCUT2D eigenvalue weighted by molar-refractivity contribution is 1.63. The van der Waals surface area contributed by atoms with E-state index in [0.717, 1.165) is 0 Å². The summed E-state index contributed by atoms with van der Waals surface area (Å²) >= 11 is 1.88. The molecular formula is C46H28S. The zero-order valence-corrected chi connectivity index (χ0v) is 26.4. The second-order valence-electron chi connectivity index (χ2n) is 12.5. The first-order valence-electron chi connectivity index (χ1n) is 16.2. The average molecular weight is 613 g/mol. The summed E-state index contributed by atoms with van der Waals surface area (Å²) in [6.07, 6.45) is 0. The largest absolute Gasteiger partial charge is 0.135 e. The van der Waals surface area contributed by atoms with Gasteiger partial charge in [-0.05, 0) is 101 Å². The molecule has 10 aromatic rings. The van der Waals surface area contributed by atoms with Crippen LogP contribution in [0.25, 0.3) is 96.6 Å². The molecule has 0 saturated heterocycles. The van der Waals surface area contributed by atoms with Crippen LogP contribution >= 0.6 is 11.3 Å². The smallest absolute Gasteiger partial charge is 0.0361 e. The summed E-state index contributed by atoms with van der Waals surface area (Å²) < 4.78 is 2.68. The summed E-state index contributed by atoms with van der Waals surface area (Å²) in [7, 11) is 0. The summed E-state index contributed by atoms with van der Waals surface area (Å²) in [5, 5.41) is 13.0. The molecule has 0 unspecified atom stereocenters. The molecule has 0 fully saturated rings. The topological polar surface area (TPSA) is 0 Å². The van der Waals surface area contributed by atoms with Gasteiger partial charge < -0.3 is 0 Å². The van der Waals surface area contributed by atoms with Gasteiger partial charge >= 0.3 is 0 Å². The first-order valence-corrected chi connectivity index (χ1v) is 17.0. The Balaban J connectivity index is 1.14. The van der Waals surface area contributed by atoms with Gasteiger partial charge in [0.15, 0.2) is 0 Å². The lowest BCUT2D eigenvalue weighted by Gasteiger charge is -2.18. The molecule has 0 aliphatic carbocycles. The van der Waals surface area contributed by atoms with Crippen LogP contribution in [0.5, 0.6) is 0 Å². The standard InChI is InChI=1S/C46H28S/c1-2-11-33-27-35(22-19-29(33)9-1)45-39-15-7-5-13-37(39)44(38-14-6-8-16-40(38)45)32-20-17-30(18-21-32)34-24-25-42-41(28-34)46-36-12-4-3-10-31(36)23-26-43(46)47-42/h1-28H. The third-order valence-electron chi connectivity index (χ3n) is 9.84. The molecule has 0 bridgehead atoms. The second-order valence-corrected chi connectivity index (χ2v) is 13.5. The average Bonchev–Trinajstić information content (AvgIpc) is 3.52. The highest BCUT2D eigenvalue weighted by Crippen LogP contribution is 2.45. The van der Waals surface area contributed by atoms with Crippen molar-refractivity contribution in [1.29, 1.82) is 0 Å². The highest BCUT2D eigenvalue weighted by Gasteiger charge is 2.17. The van der Waals surface area contributed by atoms with Crippen LogP contribution in [0.1, 0.15) is 0 Å². The fourth-order valence-electron chi connectivity index (χ4n) is 7.65. The molecule has 0 radical (unpaired) electrons. The Morgan fingerprint density at radius 1 is 0.277 bits per heavy atom. The summed E-state index contributed by atoms with van der Waals surface area (Å²) in [6.45, 7) is 0. The molecule has 0 amide bonds. The first kappa shape index (κ1) is 26.5. The summed E-state index contributed by atoms with van der Waals surface area (Å²) in [5.74, 6) is 0. The third-order valence-corrected chi connectivity index (χ3v) is 11.0. The summed E-state index contributed by atoms with van der Waals surface area (Å²) in [4.78, 5) is 0. The van der Waals surface area contributed by atoms with Crippen molar-refractivity contribution in [1.82, 2.24) is 0 Å². The molecule has 0 atom stereocenters. The highest BCUT2D eigenvalue weighted by atomic mass is 32.1. The lowest BCUT2D eigenvalue weighted by atomic mass is 9.85. The van der Waals surface area contributed by atoms with Crippen molar-refractivity contribution in [3.8, 4) is 33.4 Å². The lowest BCUT2D eigenvalue weighted by Crippen LogP contribution is -1.91. The molecule has 47 heavy (non-hydrogen) atoms. The number of hydrogen-bond donors (Lipinski definition) is 0. The van der Waals surface area contributed by atoms with E-state index in [1.165, 1.54) is 96.6 Å². The third kappa shape index (κ3) is 4.14. The van der Waals surface area contributed by atoms with Crippen molar-refractivity contribution in [2.24, 2.45) is 0 Å². The van der Waals surface area contributed by atoms with Gasteiger partial charge in [-0.15, -0.1) is 11.3 Å². The molecule has 10 rings (SSSR count). The van der Waals surface area contributed by atoms with E-state index < -0.39 is 0 Å². The fourth-order valence-corrected chi connectivity index (χ4v) is 8.75. The fraction of sp³-hybridized carbons (Fsp3) is 0. The summed E-state index contributed by atoms with van der Waals surface area (Å²) in [5.41, 5.74) is 7.56. The van der Waals surface area contributed by atoms with Gasteiger partial charge in [-0.1, -0.05) is 146 Å². The molecule has 1 heteroatoms. The van der Waals surface area contributed by atoms with Crippen molar-refractivity contribution in [3.05, 3.63) is 170 Å². The normalized spacial score (nSPS) is 11.8. The van der Waals surface area contributed by atoms with Gasteiger partial charge in [0.1, 0.15) is 0 Å². The van der Waals surface area contributed by atoms with Crippen LogP contribution in [0.15, 0.2) is 170 Å². The van der Waals surface area contributed by atoms with Crippen LogP contribution in [0.2, 0.25) is 0 Å². The van der Waals surface area contributed by atoms with Crippen molar-refractivity contribution >= 4 is 74.6 Å². The number of hydrogen-bond acceptors (Lipinski definition) is 1. The van der Waals surface area contributed by atoms with Crippen molar-refractivity contribution in [2.45, 2.75) is 0 Å². The van der Waals surface area contributed by atoms with Crippen molar-refractivity contribution in [2.75, 3.05) is 0 Å². The van der Waals surface area contributed by atoms with E-state index in [2.05, 4.69) is 170 Å². The molecule has 9 aromatic carbocycles. The quantitative estimate of drug-likeness (QED) is 0.174. The van der Waals surface area contributed by atoms with Gasteiger partial charge in [0.25, 0.3) is 0 Å². The van der Waals surface area contributed by atoms with Crippen LogP contribution < -0.4 is 0 Å². The Hall–Kier alpha value is -5.76. The molecule has 218 valence electrons. The molecule has 0 aliphatic rings. The number of fused-ring (bicyclic) bond motifs is 8. The molecule has 0 spiro atoms. The Morgan fingerprint density at radius 2 is 0.766 bits per heavy atom. The number of rotatable bonds is 3. The van der Waals surface area contributed by atoms with Gasteiger partial charge in [-0.2, -0.15) is 0 Å². The molecule has 0 saturated carbocycles. The molecule has 0 aliphatic heterocycles. The first-order chi connectivity index (χ1) is 23.3. The Bertz CT molecular complexity index is 2780. The SMILES string of the molecule is c1ccc2cc(-c3c4ccccc4c(-c4ccc(-c5ccc6sc7ccc8ccccc8c7c6c5)cc4)c4ccccc34)ccc2c1. The van der Waals surface area contributed by atoms with Gasteiger partial charge in [-0.25, -0.2) is 0 Å². The molecule has 0 nitrogen and oxygen atoms in total. The maximum absolute atomic E-state index is 2.39. The zero-order valence-electron chi connectivity index (χ0n) is 25.6. The van der Waals surface area contributed by atoms with E-state index in [4.69, 9.17) is 0 Å². The van der Waals surface area contributed by atoms with E-state index in [1.54, 1.807) is 0 Å². The highest BCUT2D eigenvalue weighted by molar-refractivity contribution is 7.26. The van der Waals surface area contributed by atoms with Crippen LogP contribution in [-0.4, -0.2) is 0 Å². The van der Waals surface area contributed by atoms with Crippen LogP contribution in [0.3, 0.4) is 0 Å². The molecule has 1 aromatic heterocycles. The monoisotopic (exact) mass is 612 g/mol. The summed E-state index contributed by atoms with van der Waals surface area (Å²) in [6, 6.07) is 62.7. The van der Waals surface area contributed by atoms with Gasteiger partial charge in [0, 0.05) is 20.2 Å². The predicted octanol–water partition coefficient (Wildman–Crippen LogP) is 13.7. The Morgan fingerprint density at radius 3 is 1.47 bits per heavy atom.